The van der Waals surface area contributed by atoms with Crippen LogP contribution < -0.4 is 31.1 Å². The molecule has 380 valence electrons. The lowest BCUT2D eigenvalue weighted by atomic mass is 9.33. The fourth-order valence-corrected chi connectivity index (χ4v) is 11.5. The van der Waals surface area contributed by atoms with Crippen LogP contribution in [0.3, 0.4) is 0 Å². The molecule has 0 atom stereocenters. The Hall–Kier alpha value is -7.05. The fraction of sp³-hybridized carbons (Fsp3) is 0.304. The van der Waals surface area contributed by atoms with E-state index in [1.165, 1.54) is 27.7 Å². The molecule has 2 aliphatic heterocycles. The maximum atomic E-state index is 17.6. The summed E-state index contributed by atoms with van der Waals surface area (Å²) in [4.78, 5) is 7.10. The van der Waals surface area contributed by atoms with Crippen LogP contribution in [0.4, 0.5) is 55.6 Å². The van der Waals surface area contributed by atoms with E-state index in [4.69, 9.17) is 4.42 Å². The zero-order valence-corrected chi connectivity index (χ0v) is 47.1. The van der Waals surface area contributed by atoms with Crippen LogP contribution in [-0.2, 0) is 27.1 Å². The first-order chi connectivity index (χ1) is 35.2. The number of rotatable bonds is 5. The largest absolute Gasteiger partial charge is 0.456 e. The van der Waals surface area contributed by atoms with Gasteiger partial charge in [-0.05, 0) is 163 Å². The first-order valence-electron chi connectivity index (χ1n) is 27.0. The van der Waals surface area contributed by atoms with E-state index < -0.39 is 0 Å². The van der Waals surface area contributed by atoms with Crippen molar-refractivity contribution in [1.82, 2.24) is 0 Å². The summed E-state index contributed by atoms with van der Waals surface area (Å²) in [7, 11) is 0. The van der Waals surface area contributed by atoms with Crippen LogP contribution in [0.2, 0.25) is 0 Å². The number of fused-ring (bicyclic) bond motifs is 8. The zero-order chi connectivity index (χ0) is 53.5. The van der Waals surface area contributed by atoms with E-state index in [-0.39, 0.29) is 39.6 Å². The van der Waals surface area contributed by atoms with Gasteiger partial charge in [-0.15, -0.1) is 0 Å². The summed E-state index contributed by atoms with van der Waals surface area (Å²) in [5.74, 6) is -0.284. The summed E-state index contributed by atoms with van der Waals surface area (Å²) in [6.07, 6.45) is 0. The molecule has 3 heterocycles. The highest BCUT2D eigenvalue weighted by Gasteiger charge is 2.47. The van der Waals surface area contributed by atoms with E-state index in [2.05, 4.69) is 252 Å². The predicted molar refractivity (Wildman–Crippen MR) is 321 cm³/mol. The van der Waals surface area contributed by atoms with Gasteiger partial charge in [-0.1, -0.05) is 177 Å². The number of benzene rings is 8. The average Bonchev–Trinajstić information content (AvgIpc) is 3.78. The third kappa shape index (κ3) is 8.53. The van der Waals surface area contributed by atoms with Gasteiger partial charge in [-0.25, -0.2) is 4.39 Å². The molecule has 0 amide bonds. The van der Waals surface area contributed by atoms with Gasteiger partial charge in [-0.2, -0.15) is 0 Å². The van der Waals surface area contributed by atoms with Gasteiger partial charge < -0.3 is 19.1 Å². The SMILES string of the molecule is Cc1ccc(N2c3cc(C(C)(C)C)cc4c3B(c3cc(C(C)(C)C)ccc3N4c3ccc(C(C)(C)C)cc3)c3c2cc(N(c2ccc(C(C)(C)C)cc2)c2ccc(C(C)(C)C)cc2)c2c3oc3ccccc32)c(F)c1. The first-order valence-corrected chi connectivity index (χ1v) is 27.0. The fourth-order valence-electron chi connectivity index (χ4n) is 11.5. The molecule has 0 radical (unpaired) electrons. The Morgan fingerprint density at radius 2 is 0.920 bits per heavy atom. The van der Waals surface area contributed by atoms with Crippen molar-refractivity contribution in [3.05, 3.63) is 191 Å². The summed E-state index contributed by atoms with van der Waals surface area (Å²) in [6.45, 7) is 35.8. The molecule has 0 bridgehead atoms. The highest BCUT2D eigenvalue weighted by Crippen LogP contribution is 2.52. The quantitative estimate of drug-likeness (QED) is 0.160. The second kappa shape index (κ2) is 17.2. The van der Waals surface area contributed by atoms with E-state index in [0.29, 0.717) is 5.69 Å². The van der Waals surface area contributed by atoms with Crippen molar-refractivity contribution < 1.29 is 8.81 Å². The van der Waals surface area contributed by atoms with Crippen LogP contribution >= 0.6 is 0 Å². The molecule has 75 heavy (non-hydrogen) atoms. The van der Waals surface area contributed by atoms with Gasteiger partial charge >= 0.3 is 0 Å². The molecule has 0 saturated carbocycles. The minimum Gasteiger partial charge on any atom is -0.456 e. The van der Waals surface area contributed by atoms with Crippen molar-refractivity contribution in [3.8, 4) is 0 Å². The van der Waals surface area contributed by atoms with Gasteiger partial charge in [0, 0.05) is 45.2 Å². The number of anilines is 9. The van der Waals surface area contributed by atoms with Crippen LogP contribution in [0, 0.1) is 12.7 Å². The monoisotopic (exact) mass is 990 g/mol. The highest BCUT2D eigenvalue weighted by molar-refractivity contribution is 7.01. The van der Waals surface area contributed by atoms with Crippen LogP contribution in [0.25, 0.3) is 21.9 Å². The molecule has 1 aromatic heterocycles. The lowest BCUT2D eigenvalue weighted by Gasteiger charge is -2.45. The molecule has 2 aliphatic rings. The number of hydrogen-bond donors (Lipinski definition) is 0. The standard InChI is InChI=1S/C69H73BFN3O/c1-42-21-35-55(53(71)37-42)74-58-40-47(69(14,15)16)39-57-62(58)70(52-38-46(68(11,12)13)28-36-54(52)73(57)50-33-26-45(27-34-50)67(8,9)10)63-59(74)41-56(61-51-19-17-18-20-60(51)75-64(61)63)72(48-29-22-43(23-30-48)65(2,3)4)49-31-24-44(25-32-49)66(5,6)7/h17-41H,1-16H3. The molecular formula is C69H73BFN3O. The smallest absolute Gasteiger partial charge is 0.257 e. The minimum atomic E-state index is -0.297. The van der Waals surface area contributed by atoms with Crippen molar-refractivity contribution in [2.75, 3.05) is 14.7 Å². The Morgan fingerprint density at radius 3 is 1.45 bits per heavy atom. The molecule has 4 nitrogen and oxygen atoms in total. The van der Waals surface area contributed by atoms with Crippen molar-refractivity contribution in [3.63, 3.8) is 0 Å². The molecule has 0 N–H and O–H groups in total. The number of hydrogen-bond acceptors (Lipinski definition) is 4. The number of para-hydroxylation sites is 1. The maximum Gasteiger partial charge on any atom is 0.257 e. The van der Waals surface area contributed by atoms with Gasteiger partial charge in [0.05, 0.1) is 16.8 Å². The van der Waals surface area contributed by atoms with E-state index in [1.54, 1.807) is 6.07 Å². The van der Waals surface area contributed by atoms with Crippen LogP contribution in [0.5, 0.6) is 0 Å². The molecule has 11 rings (SSSR count). The predicted octanol–water partition coefficient (Wildman–Crippen LogP) is 18.1. The van der Waals surface area contributed by atoms with Gasteiger partial charge in [0.25, 0.3) is 6.71 Å². The van der Waals surface area contributed by atoms with Crippen LogP contribution in [0.15, 0.2) is 156 Å². The lowest BCUT2D eigenvalue weighted by molar-refractivity contribution is 0.589. The Bertz CT molecular complexity index is 3640. The molecule has 0 saturated heterocycles. The first kappa shape index (κ1) is 50.1. The number of aryl methyl sites for hydroxylation is 1. The second-order valence-corrected chi connectivity index (χ2v) is 26.6. The van der Waals surface area contributed by atoms with Gasteiger partial charge in [0.2, 0.25) is 0 Å². The Kier molecular flexibility index (Phi) is 11.5. The molecule has 8 aromatic carbocycles. The zero-order valence-electron chi connectivity index (χ0n) is 47.1. The van der Waals surface area contributed by atoms with Crippen molar-refractivity contribution in [2.24, 2.45) is 0 Å². The van der Waals surface area contributed by atoms with E-state index in [1.807, 2.05) is 19.1 Å². The van der Waals surface area contributed by atoms with E-state index in [0.717, 1.165) is 89.5 Å². The highest BCUT2D eigenvalue weighted by atomic mass is 19.1. The maximum absolute atomic E-state index is 17.6. The Balaban J connectivity index is 1.32. The average molecular weight is 990 g/mol. The summed E-state index contributed by atoms with van der Waals surface area (Å²) < 4.78 is 25.1. The van der Waals surface area contributed by atoms with Crippen LogP contribution in [-0.4, -0.2) is 6.71 Å². The van der Waals surface area contributed by atoms with Gasteiger partial charge in [0.15, 0.2) is 0 Å². The Labute approximate surface area is 446 Å². The van der Waals surface area contributed by atoms with Crippen molar-refractivity contribution >= 4 is 96.2 Å². The third-order valence-electron chi connectivity index (χ3n) is 16.0. The van der Waals surface area contributed by atoms with Gasteiger partial charge in [-0.3, -0.25) is 0 Å². The van der Waals surface area contributed by atoms with Crippen molar-refractivity contribution in [1.29, 1.82) is 0 Å². The number of furan rings is 1. The molecule has 0 unspecified atom stereocenters. The van der Waals surface area contributed by atoms with Crippen LogP contribution in [0.1, 0.15) is 137 Å². The molecule has 9 aromatic rings. The molecule has 0 fully saturated rings. The second-order valence-electron chi connectivity index (χ2n) is 26.6. The summed E-state index contributed by atoms with van der Waals surface area (Å²) in [5, 5.41) is 2.04. The lowest BCUT2D eigenvalue weighted by Crippen LogP contribution is -2.62. The van der Waals surface area contributed by atoms with E-state index in [9.17, 15) is 0 Å². The van der Waals surface area contributed by atoms with E-state index >= 15 is 4.39 Å². The number of halogens is 1. The molecule has 6 heteroatoms. The summed E-state index contributed by atoms with van der Waals surface area (Å²) in [5.41, 5.74) is 20.1. The van der Waals surface area contributed by atoms with Crippen molar-refractivity contribution in [2.45, 2.75) is 138 Å². The summed E-state index contributed by atoms with van der Waals surface area (Å²) in [6, 6.07) is 55.6. The normalized spacial score (nSPS) is 13.9. The Morgan fingerprint density at radius 1 is 0.440 bits per heavy atom. The number of nitrogens with zero attached hydrogens (tertiary/aromatic N) is 3. The minimum absolute atomic E-state index is 0.0170. The third-order valence-corrected chi connectivity index (χ3v) is 16.0. The molecule has 0 spiro atoms. The topological polar surface area (TPSA) is 22.9 Å². The van der Waals surface area contributed by atoms with Gasteiger partial charge in [0.1, 0.15) is 17.0 Å². The molecular weight excluding hydrogens is 917 g/mol. The summed E-state index contributed by atoms with van der Waals surface area (Å²) >= 11 is 0. The molecule has 0 aliphatic carbocycles.